The number of nitrogens with zero attached hydrogens (tertiary/aromatic N) is 2. The zero-order valence-corrected chi connectivity index (χ0v) is 20.6. The number of carbonyl (C=O) groups is 1. The smallest absolute Gasteiger partial charge is 0.246 e. The van der Waals surface area contributed by atoms with Crippen molar-refractivity contribution < 1.29 is 9.53 Å². The van der Waals surface area contributed by atoms with Crippen LogP contribution in [0.25, 0.3) is 16.8 Å². The third-order valence-corrected chi connectivity index (χ3v) is 7.47. The molecular weight excluding hydrogens is 432 g/mol. The first kappa shape index (κ1) is 23.6. The molecule has 0 aromatic heterocycles. The zero-order chi connectivity index (χ0) is 23.9. The third kappa shape index (κ3) is 5.94. The Kier molecular flexibility index (Phi) is 7.79. The Hall–Kier alpha value is -3.11. The van der Waals surface area contributed by atoms with Crippen molar-refractivity contribution in [3.8, 4) is 5.75 Å². The van der Waals surface area contributed by atoms with Gasteiger partial charge in [0, 0.05) is 31.3 Å². The van der Waals surface area contributed by atoms with Crippen LogP contribution in [0.15, 0.2) is 72.8 Å². The summed E-state index contributed by atoms with van der Waals surface area (Å²) < 4.78 is 6.12. The Morgan fingerprint density at radius 1 is 0.886 bits per heavy atom. The number of carbonyl (C=O) groups excluding carboxylic acids is 1. The van der Waals surface area contributed by atoms with E-state index in [4.69, 9.17) is 4.74 Å². The van der Waals surface area contributed by atoms with Crippen molar-refractivity contribution in [1.82, 2.24) is 9.80 Å². The lowest BCUT2D eigenvalue weighted by molar-refractivity contribution is -0.124. The van der Waals surface area contributed by atoms with E-state index in [2.05, 4.69) is 47.4 Å². The molecule has 2 aliphatic rings. The van der Waals surface area contributed by atoms with Gasteiger partial charge in [0.1, 0.15) is 5.75 Å². The average molecular weight is 469 g/mol. The zero-order valence-electron chi connectivity index (χ0n) is 20.6. The minimum absolute atomic E-state index is 0.101. The van der Waals surface area contributed by atoms with Gasteiger partial charge in [-0.3, -0.25) is 4.79 Å². The van der Waals surface area contributed by atoms with E-state index in [1.165, 1.54) is 29.2 Å². The summed E-state index contributed by atoms with van der Waals surface area (Å²) in [5.41, 5.74) is 2.48. The minimum atomic E-state index is 0.101. The minimum Gasteiger partial charge on any atom is -0.493 e. The number of hydrogen-bond donors (Lipinski definition) is 0. The number of para-hydroxylation sites is 1. The molecule has 2 fully saturated rings. The second-order valence-corrected chi connectivity index (χ2v) is 9.79. The van der Waals surface area contributed by atoms with E-state index in [0.29, 0.717) is 12.5 Å². The number of fused-ring (bicyclic) bond motifs is 1. The van der Waals surface area contributed by atoms with Crippen LogP contribution in [0.2, 0.25) is 0 Å². The second-order valence-electron chi connectivity index (χ2n) is 9.79. The topological polar surface area (TPSA) is 32.8 Å². The van der Waals surface area contributed by atoms with Gasteiger partial charge in [-0.25, -0.2) is 0 Å². The summed E-state index contributed by atoms with van der Waals surface area (Å²) in [6, 6.07) is 23.5. The van der Waals surface area contributed by atoms with Gasteiger partial charge in [-0.2, -0.15) is 0 Å². The van der Waals surface area contributed by atoms with Gasteiger partial charge >= 0.3 is 0 Å². The van der Waals surface area contributed by atoms with Crippen molar-refractivity contribution >= 4 is 22.8 Å². The van der Waals surface area contributed by atoms with Crippen molar-refractivity contribution in [3.05, 3.63) is 83.9 Å². The van der Waals surface area contributed by atoms with E-state index in [1.807, 2.05) is 35.2 Å². The van der Waals surface area contributed by atoms with Crippen LogP contribution in [-0.2, 0) is 4.79 Å². The molecule has 35 heavy (non-hydrogen) atoms. The molecule has 182 valence electrons. The molecule has 0 aliphatic carbocycles. The maximum atomic E-state index is 12.3. The lowest BCUT2D eigenvalue weighted by Gasteiger charge is -2.32. The predicted octanol–water partition coefficient (Wildman–Crippen LogP) is 6.12. The van der Waals surface area contributed by atoms with E-state index < -0.39 is 0 Å². The fourth-order valence-electron chi connectivity index (χ4n) is 5.50. The highest BCUT2D eigenvalue weighted by molar-refractivity contribution is 5.92. The van der Waals surface area contributed by atoms with Crippen LogP contribution in [0.1, 0.15) is 49.1 Å². The average Bonchev–Trinajstić information content (AvgIpc) is 3.46. The number of piperidine rings is 1. The van der Waals surface area contributed by atoms with E-state index in [1.54, 1.807) is 6.08 Å². The highest BCUT2D eigenvalue weighted by atomic mass is 16.5. The molecule has 2 heterocycles. The second kappa shape index (κ2) is 11.5. The molecule has 2 aliphatic heterocycles. The fraction of sp³-hybridized carbons (Fsp3) is 0.387. The van der Waals surface area contributed by atoms with Crippen molar-refractivity contribution in [2.75, 3.05) is 39.3 Å². The summed E-state index contributed by atoms with van der Waals surface area (Å²) in [5, 5.41) is 2.76. The number of likely N-dealkylation sites (tertiary alicyclic amines) is 2. The Balaban J connectivity index is 1.08. The number of ether oxygens (including phenoxy) is 1. The molecule has 2 saturated heterocycles. The molecule has 5 rings (SSSR count). The highest BCUT2D eigenvalue weighted by Crippen LogP contribution is 2.33. The van der Waals surface area contributed by atoms with Crippen molar-refractivity contribution in [3.63, 3.8) is 0 Å². The molecule has 0 bridgehead atoms. The fourth-order valence-corrected chi connectivity index (χ4v) is 5.50. The van der Waals surface area contributed by atoms with E-state index in [-0.39, 0.29) is 5.91 Å². The summed E-state index contributed by atoms with van der Waals surface area (Å²) in [6.07, 6.45) is 9.24. The van der Waals surface area contributed by atoms with E-state index in [9.17, 15) is 4.79 Å². The summed E-state index contributed by atoms with van der Waals surface area (Å²) in [7, 11) is 0. The quantitative estimate of drug-likeness (QED) is 0.295. The summed E-state index contributed by atoms with van der Waals surface area (Å²) in [6.45, 7) is 5.79. The number of benzene rings is 3. The molecule has 0 radical (unpaired) electrons. The van der Waals surface area contributed by atoms with Gasteiger partial charge in [0.2, 0.25) is 5.91 Å². The Bertz CT molecular complexity index is 1150. The molecular formula is C31H36N2O2. The van der Waals surface area contributed by atoms with Crippen LogP contribution >= 0.6 is 0 Å². The van der Waals surface area contributed by atoms with Gasteiger partial charge < -0.3 is 14.5 Å². The third-order valence-electron chi connectivity index (χ3n) is 7.47. The van der Waals surface area contributed by atoms with E-state index in [0.717, 1.165) is 63.3 Å². The maximum absolute atomic E-state index is 12.3. The Morgan fingerprint density at radius 2 is 1.63 bits per heavy atom. The van der Waals surface area contributed by atoms with Gasteiger partial charge in [0.15, 0.2) is 0 Å². The first-order chi connectivity index (χ1) is 17.3. The highest BCUT2D eigenvalue weighted by Gasteiger charge is 2.21. The monoisotopic (exact) mass is 468 g/mol. The van der Waals surface area contributed by atoms with Gasteiger partial charge in [0.25, 0.3) is 0 Å². The number of amides is 1. The molecule has 4 nitrogen and oxygen atoms in total. The van der Waals surface area contributed by atoms with E-state index >= 15 is 0 Å². The van der Waals surface area contributed by atoms with Crippen LogP contribution in [0.3, 0.4) is 0 Å². The molecule has 0 N–H and O–H groups in total. The van der Waals surface area contributed by atoms with Gasteiger partial charge in [-0.15, -0.1) is 0 Å². The Labute approximate surface area is 209 Å². The summed E-state index contributed by atoms with van der Waals surface area (Å²) in [4.78, 5) is 16.8. The largest absolute Gasteiger partial charge is 0.493 e. The molecule has 0 saturated carbocycles. The van der Waals surface area contributed by atoms with Gasteiger partial charge in [-0.1, -0.05) is 60.7 Å². The molecule has 3 aromatic carbocycles. The van der Waals surface area contributed by atoms with Crippen LogP contribution in [0, 0.1) is 0 Å². The van der Waals surface area contributed by atoms with Crippen LogP contribution in [0.4, 0.5) is 0 Å². The SMILES string of the molecule is O=C(C=Cc1ccccc1OCCCN1CCC(c2cccc3ccccc23)CC1)N1CCCC1. The lowest BCUT2D eigenvalue weighted by atomic mass is 9.86. The van der Waals surface area contributed by atoms with Crippen molar-refractivity contribution in [2.45, 2.75) is 38.0 Å². The predicted molar refractivity (Wildman–Crippen MR) is 144 cm³/mol. The first-order valence-corrected chi connectivity index (χ1v) is 13.2. The van der Waals surface area contributed by atoms with Crippen LogP contribution in [0.5, 0.6) is 5.75 Å². The standard InChI is InChI=1S/C31H36N2O2/c34-31(33-20-5-6-21-33)16-15-27-10-2-4-14-30(27)35-24-8-19-32-22-17-26(18-23-32)29-13-7-11-25-9-1-3-12-28(25)29/h1-4,7,9-16,26H,5-6,8,17-24H2. The molecule has 3 aromatic rings. The molecule has 0 atom stereocenters. The normalized spacial score (nSPS) is 17.4. The first-order valence-electron chi connectivity index (χ1n) is 13.2. The van der Waals surface area contributed by atoms with Gasteiger partial charge in [-0.05, 0) is 79.6 Å². The Morgan fingerprint density at radius 3 is 2.49 bits per heavy atom. The maximum Gasteiger partial charge on any atom is 0.246 e. The molecule has 1 amide bonds. The van der Waals surface area contributed by atoms with Crippen LogP contribution < -0.4 is 4.74 Å². The summed E-state index contributed by atoms with van der Waals surface area (Å²) >= 11 is 0. The van der Waals surface area contributed by atoms with Crippen LogP contribution in [-0.4, -0.2) is 55.0 Å². The summed E-state index contributed by atoms with van der Waals surface area (Å²) in [5.74, 6) is 1.60. The van der Waals surface area contributed by atoms with Crippen molar-refractivity contribution in [2.24, 2.45) is 0 Å². The molecule has 4 heteroatoms. The van der Waals surface area contributed by atoms with Gasteiger partial charge in [0.05, 0.1) is 6.61 Å². The molecule has 0 unspecified atom stereocenters. The number of rotatable bonds is 8. The van der Waals surface area contributed by atoms with Crippen molar-refractivity contribution in [1.29, 1.82) is 0 Å². The lowest BCUT2D eigenvalue weighted by Crippen LogP contribution is -2.34. The molecule has 0 spiro atoms. The number of hydrogen-bond acceptors (Lipinski definition) is 3.